The normalized spacial score (nSPS) is 30.8. The van der Waals surface area contributed by atoms with E-state index in [1.807, 2.05) is 18.2 Å². The average molecular weight is 579 g/mol. The molecule has 13 nitrogen and oxygen atoms in total. The molecule has 0 unspecified atom stereocenters. The number of methoxy groups -OCH3 is 2. The lowest BCUT2D eigenvalue weighted by Gasteiger charge is -2.44. The summed E-state index contributed by atoms with van der Waals surface area (Å²) in [7, 11) is 2.31. The van der Waals surface area contributed by atoms with Crippen molar-refractivity contribution >= 4 is 24.0 Å². The molecule has 7 atom stereocenters. The second-order valence-corrected chi connectivity index (χ2v) is 9.44. The molecule has 13 heteroatoms. The predicted octanol–water partition coefficient (Wildman–Crippen LogP) is -0.0315. The lowest BCUT2D eigenvalue weighted by Crippen LogP contribution is -2.60. The van der Waals surface area contributed by atoms with E-state index in [0.29, 0.717) is 0 Å². The van der Waals surface area contributed by atoms with Crippen LogP contribution >= 0.6 is 0 Å². The Morgan fingerprint density at radius 1 is 1.02 bits per heavy atom. The van der Waals surface area contributed by atoms with Gasteiger partial charge in [-0.05, 0) is 17.7 Å². The van der Waals surface area contributed by atoms with Gasteiger partial charge in [-0.15, -0.1) is 0 Å². The van der Waals surface area contributed by atoms with E-state index in [1.165, 1.54) is 26.2 Å². The molecule has 1 saturated heterocycles. The van der Waals surface area contributed by atoms with Crippen molar-refractivity contribution in [2.45, 2.75) is 50.3 Å². The van der Waals surface area contributed by atoms with E-state index >= 15 is 0 Å². The van der Waals surface area contributed by atoms with E-state index in [4.69, 9.17) is 28.4 Å². The highest BCUT2D eigenvalue weighted by Crippen LogP contribution is 2.46. The number of benzene rings is 1. The van der Waals surface area contributed by atoms with Crippen molar-refractivity contribution in [2.24, 2.45) is 5.41 Å². The summed E-state index contributed by atoms with van der Waals surface area (Å²) in [6.07, 6.45) is -4.70. The highest BCUT2D eigenvalue weighted by molar-refractivity contribution is 5.92. The molecule has 4 N–H and O–H groups in total. The Balaban J connectivity index is 1.93. The van der Waals surface area contributed by atoms with Gasteiger partial charge in [0.15, 0.2) is 6.29 Å². The van der Waals surface area contributed by atoms with Gasteiger partial charge in [0, 0.05) is 17.1 Å². The van der Waals surface area contributed by atoms with Crippen LogP contribution in [0.1, 0.15) is 18.9 Å². The summed E-state index contributed by atoms with van der Waals surface area (Å²) >= 11 is 0. The van der Waals surface area contributed by atoms with Crippen LogP contribution in [-0.4, -0.2) is 103 Å². The van der Waals surface area contributed by atoms with Crippen molar-refractivity contribution in [1.82, 2.24) is 0 Å². The number of aliphatic hydroxyl groups is 4. The van der Waals surface area contributed by atoms with E-state index in [1.54, 1.807) is 18.2 Å². The number of carbonyl (C=O) groups excluding carboxylic acids is 3. The minimum absolute atomic E-state index is 0.0828. The second kappa shape index (κ2) is 14.3. The molecule has 3 rings (SSSR count). The summed E-state index contributed by atoms with van der Waals surface area (Å²) in [5.41, 5.74) is -0.693. The molecule has 41 heavy (non-hydrogen) atoms. The Hall–Kier alpha value is -3.59. The third kappa shape index (κ3) is 7.58. The molecule has 1 aromatic rings. The molecule has 2 heterocycles. The van der Waals surface area contributed by atoms with Crippen LogP contribution in [0.25, 0.3) is 6.08 Å². The first kappa shape index (κ1) is 31.9. The van der Waals surface area contributed by atoms with Crippen LogP contribution in [0.5, 0.6) is 0 Å². The third-order valence-electron chi connectivity index (χ3n) is 6.77. The maximum Gasteiger partial charge on any atom is 0.337 e. The number of esters is 3. The minimum Gasteiger partial charge on any atom is -0.469 e. The lowest BCUT2D eigenvalue weighted by atomic mass is 9.71. The molecular weight excluding hydrogens is 544 g/mol. The summed E-state index contributed by atoms with van der Waals surface area (Å²) in [4.78, 5) is 37.5. The predicted molar refractivity (Wildman–Crippen MR) is 139 cm³/mol. The second-order valence-electron chi connectivity index (χ2n) is 9.44. The van der Waals surface area contributed by atoms with E-state index in [9.17, 15) is 34.8 Å². The molecule has 0 aliphatic carbocycles. The Kier molecular flexibility index (Phi) is 11.2. The van der Waals surface area contributed by atoms with Gasteiger partial charge >= 0.3 is 17.9 Å². The highest BCUT2D eigenvalue weighted by Gasteiger charge is 2.50. The Morgan fingerprint density at radius 2 is 1.73 bits per heavy atom. The van der Waals surface area contributed by atoms with Crippen LogP contribution in [0.2, 0.25) is 0 Å². The molecular formula is C28H34O13. The summed E-state index contributed by atoms with van der Waals surface area (Å²) < 4.78 is 31.8. The van der Waals surface area contributed by atoms with Crippen LogP contribution in [0.15, 0.2) is 59.9 Å². The van der Waals surface area contributed by atoms with Crippen LogP contribution in [-0.2, 0) is 42.8 Å². The first-order valence-corrected chi connectivity index (χ1v) is 12.6. The van der Waals surface area contributed by atoms with Crippen molar-refractivity contribution in [3.8, 4) is 0 Å². The van der Waals surface area contributed by atoms with Gasteiger partial charge in [0.25, 0.3) is 0 Å². The van der Waals surface area contributed by atoms with Gasteiger partial charge in [0.1, 0.15) is 31.0 Å². The van der Waals surface area contributed by atoms with Crippen LogP contribution in [0.3, 0.4) is 0 Å². The Labute approximate surface area is 236 Å². The zero-order valence-corrected chi connectivity index (χ0v) is 22.7. The third-order valence-corrected chi connectivity index (χ3v) is 6.77. The summed E-state index contributed by atoms with van der Waals surface area (Å²) in [5, 5.41) is 40.3. The largest absolute Gasteiger partial charge is 0.469 e. The fourth-order valence-electron chi connectivity index (χ4n) is 4.41. The highest BCUT2D eigenvalue weighted by atomic mass is 16.8. The first-order valence-electron chi connectivity index (χ1n) is 12.6. The zero-order valence-electron chi connectivity index (χ0n) is 22.7. The first-order chi connectivity index (χ1) is 19.5. The lowest BCUT2D eigenvalue weighted by molar-refractivity contribution is -0.328. The van der Waals surface area contributed by atoms with E-state index in [2.05, 4.69) is 0 Å². The van der Waals surface area contributed by atoms with E-state index < -0.39 is 73.3 Å². The molecule has 0 saturated carbocycles. The van der Waals surface area contributed by atoms with Crippen molar-refractivity contribution < 1.29 is 63.2 Å². The molecule has 0 bridgehead atoms. The summed E-state index contributed by atoms with van der Waals surface area (Å²) in [6.45, 7) is 0.468. The average Bonchev–Trinajstić information content (AvgIpc) is 2.97. The molecule has 0 amide bonds. The van der Waals surface area contributed by atoms with Crippen LogP contribution in [0, 0.1) is 5.41 Å². The minimum atomic E-state index is -1.77. The van der Waals surface area contributed by atoms with Gasteiger partial charge in [-0.1, -0.05) is 37.3 Å². The van der Waals surface area contributed by atoms with Gasteiger partial charge in [-0.2, -0.15) is 0 Å². The fraction of sp³-hybridized carbons (Fsp3) is 0.464. The topological polar surface area (TPSA) is 188 Å². The number of carbonyl (C=O) groups is 3. The Bertz CT molecular complexity index is 1160. The maximum absolute atomic E-state index is 12.7. The number of hydrogen-bond donors (Lipinski definition) is 4. The number of ether oxygens (including phenoxy) is 6. The van der Waals surface area contributed by atoms with Gasteiger partial charge in [-0.25, -0.2) is 9.59 Å². The van der Waals surface area contributed by atoms with Gasteiger partial charge in [-0.3, -0.25) is 4.79 Å². The summed E-state index contributed by atoms with van der Waals surface area (Å²) in [5.74, 6) is -2.21. The van der Waals surface area contributed by atoms with Crippen molar-refractivity contribution in [1.29, 1.82) is 0 Å². The van der Waals surface area contributed by atoms with Gasteiger partial charge in [0.05, 0.1) is 39.1 Å². The quantitative estimate of drug-likeness (QED) is 0.126. The van der Waals surface area contributed by atoms with Crippen LogP contribution < -0.4 is 0 Å². The smallest absolute Gasteiger partial charge is 0.337 e. The zero-order chi connectivity index (χ0) is 30.2. The SMILES string of the molecule is COC(=O)C[C@]1(C)C(C(=O)OC)=CO[C@@H](O[C@@H]2O[C@H](CO)[C@@H](O)[C@H](O)[C@H]2O)/C1=C/COC(=O)/C=C/c1ccccc1. The number of aliphatic hydroxyl groups excluding tert-OH is 4. The molecule has 2 aliphatic heterocycles. The fourth-order valence-corrected chi connectivity index (χ4v) is 4.41. The van der Waals surface area contributed by atoms with E-state index in [0.717, 1.165) is 18.9 Å². The standard InChI is InChI=1S/C28H34O13/c1-28(13-21(31)36-2)17(11-12-38-20(30)10-9-16-7-5-4-6-8-16)26(39-15-18(28)25(35)37-3)41-27-24(34)23(33)22(32)19(14-29)40-27/h4-11,15,19,22-24,26-27,29,32-34H,12-14H2,1-3H3/b10-9+,17-11-/t19-,22-,23+,24-,26+,27+,28+/m1/s1. The molecule has 0 spiro atoms. The van der Waals surface area contributed by atoms with E-state index in [-0.39, 0.29) is 17.8 Å². The van der Waals surface area contributed by atoms with Gasteiger partial charge in [0.2, 0.25) is 6.29 Å². The molecule has 2 aliphatic rings. The monoisotopic (exact) mass is 578 g/mol. The molecule has 0 aromatic heterocycles. The summed E-state index contributed by atoms with van der Waals surface area (Å²) in [6, 6.07) is 9.04. The Morgan fingerprint density at radius 3 is 2.37 bits per heavy atom. The van der Waals surface area contributed by atoms with Crippen molar-refractivity contribution in [3.05, 3.63) is 65.5 Å². The van der Waals surface area contributed by atoms with Crippen LogP contribution in [0.4, 0.5) is 0 Å². The van der Waals surface area contributed by atoms with Crippen molar-refractivity contribution in [3.63, 3.8) is 0 Å². The van der Waals surface area contributed by atoms with Crippen molar-refractivity contribution in [2.75, 3.05) is 27.4 Å². The molecule has 1 fully saturated rings. The molecule has 1 aromatic carbocycles. The number of rotatable bonds is 10. The number of hydrogen-bond acceptors (Lipinski definition) is 13. The maximum atomic E-state index is 12.7. The molecule has 224 valence electrons. The van der Waals surface area contributed by atoms with Gasteiger partial charge < -0.3 is 48.8 Å². The molecule has 0 radical (unpaired) electrons.